The molecule has 0 radical (unpaired) electrons. The molecule has 5 nitrogen and oxygen atoms in total. The van der Waals surface area contributed by atoms with Crippen LogP contribution in [-0.4, -0.2) is 30.0 Å². The lowest BCUT2D eigenvalue weighted by atomic mass is 10.1. The van der Waals surface area contributed by atoms with Crippen LogP contribution in [0.2, 0.25) is 0 Å². The second-order valence-corrected chi connectivity index (χ2v) is 5.28. The van der Waals surface area contributed by atoms with Crippen LogP contribution in [0.15, 0.2) is 66.0 Å². The first-order valence-corrected chi connectivity index (χ1v) is 7.82. The monoisotopic (exact) mass is 320 g/mol. The Balaban J connectivity index is 1.49. The van der Waals surface area contributed by atoms with Gasteiger partial charge in [-0.1, -0.05) is 30.3 Å². The third-order valence-corrected chi connectivity index (χ3v) is 3.72. The molecule has 0 bridgehead atoms. The van der Waals surface area contributed by atoms with Gasteiger partial charge in [-0.05, 0) is 35.7 Å². The highest BCUT2D eigenvalue weighted by Gasteiger charge is 2.00. The molecule has 1 aromatic heterocycles. The maximum Gasteiger partial charge on any atom is 0.122 e. The third kappa shape index (κ3) is 4.01. The predicted molar refractivity (Wildman–Crippen MR) is 97.7 cm³/mol. The quantitative estimate of drug-likeness (QED) is 0.514. The van der Waals surface area contributed by atoms with Crippen LogP contribution >= 0.6 is 0 Å². The third-order valence-electron chi connectivity index (χ3n) is 3.72. The molecule has 0 unspecified atom stereocenters. The Kier molecular flexibility index (Phi) is 5.24. The molecule has 1 heterocycles. The Bertz CT molecular complexity index is 779. The van der Waals surface area contributed by atoms with Gasteiger partial charge in [0.15, 0.2) is 0 Å². The number of aromatic nitrogens is 2. The van der Waals surface area contributed by atoms with Crippen molar-refractivity contribution < 1.29 is 4.74 Å². The van der Waals surface area contributed by atoms with Crippen LogP contribution in [0.4, 0.5) is 5.69 Å². The van der Waals surface area contributed by atoms with E-state index in [0.717, 1.165) is 29.1 Å². The Labute approximate surface area is 141 Å². The first kappa shape index (κ1) is 15.8. The zero-order valence-corrected chi connectivity index (χ0v) is 13.6. The standard InChI is InChI=1S/C19H20N4O/c1-24-19-5-3-2-4-16(19)10-11-20-13-22-17-8-6-15(7-9-17)18-12-21-14-23-18/h2-9,12-14H,10-11H2,1H3,(H,20,22)(H,21,23). The van der Waals surface area contributed by atoms with Gasteiger partial charge < -0.3 is 15.0 Å². The predicted octanol–water partition coefficient (Wildman–Crippen LogP) is 3.77. The van der Waals surface area contributed by atoms with Gasteiger partial charge in [0.05, 0.1) is 31.7 Å². The smallest absolute Gasteiger partial charge is 0.122 e. The average molecular weight is 320 g/mol. The molecule has 5 heteroatoms. The summed E-state index contributed by atoms with van der Waals surface area (Å²) in [6, 6.07) is 16.1. The lowest BCUT2D eigenvalue weighted by molar-refractivity contribution is 0.410. The minimum atomic E-state index is 0.708. The van der Waals surface area contributed by atoms with E-state index < -0.39 is 0 Å². The molecule has 0 fully saturated rings. The molecule has 3 aromatic rings. The maximum absolute atomic E-state index is 5.34. The highest BCUT2D eigenvalue weighted by atomic mass is 16.5. The fourth-order valence-electron chi connectivity index (χ4n) is 2.44. The fraction of sp³-hybridized carbons (Fsp3) is 0.158. The second kappa shape index (κ2) is 7.97. The molecule has 24 heavy (non-hydrogen) atoms. The number of hydrogen-bond donors (Lipinski definition) is 2. The van der Waals surface area contributed by atoms with E-state index in [1.54, 1.807) is 19.8 Å². The first-order valence-electron chi connectivity index (χ1n) is 7.82. The van der Waals surface area contributed by atoms with Gasteiger partial charge >= 0.3 is 0 Å². The van der Waals surface area contributed by atoms with Gasteiger partial charge in [0.25, 0.3) is 0 Å². The van der Waals surface area contributed by atoms with E-state index in [4.69, 9.17) is 4.74 Å². The zero-order chi connectivity index (χ0) is 16.6. The van der Waals surface area contributed by atoms with Gasteiger partial charge in [-0.3, -0.25) is 4.99 Å². The number of benzene rings is 2. The number of ether oxygens (including phenoxy) is 1. The number of nitrogens with zero attached hydrogens (tertiary/aromatic N) is 2. The Morgan fingerprint density at radius 2 is 2.00 bits per heavy atom. The number of imidazole rings is 1. The molecule has 0 aliphatic heterocycles. The van der Waals surface area contributed by atoms with Crippen LogP contribution in [-0.2, 0) is 6.42 Å². The van der Waals surface area contributed by atoms with Gasteiger partial charge in [-0.2, -0.15) is 0 Å². The van der Waals surface area contributed by atoms with E-state index in [-0.39, 0.29) is 0 Å². The molecule has 0 atom stereocenters. The molecule has 0 amide bonds. The van der Waals surface area contributed by atoms with Crippen molar-refractivity contribution in [2.75, 3.05) is 19.0 Å². The summed E-state index contributed by atoms with van der Waals surface area (Å²) >= 11 is 0. The fourth-order valence-corrected chi connectivity index (χ4v) is 2.44. The van der Waals surface area contributed by atoms with Crippen molar-refractivity contribution in [3.63, 3.8) is 0 Å². The number of hydrogen-bond acceptors (Lipinski definition) is 3. The maximum atomic E-state index is 5.34. The van der Waals surface area contributed by atoms with E-state index in [2.05, 4.69) is 26.3 Å². The number of aromatic amines is 1. The van der Waals surface area contributed by atoms with Crippen molar-refractivity contribution in [2.24, 2.45) is 4.99 Å². The molecule has 0 saturated heterocycles. The van der Waals surface area contributed by atoms with Crippen LogP contribution in [0.5, 0.6) is 5.75 Å². The normalized spacial score (nSPS) is 10.9. The minimum Gasteiger partial charge on any atom is -0.496 e. The number of H-pyrrole nitrogens is 1. The lowest BCUT2D eigenvalue weighted by Gasteiger charge is -2.06. The van der Waals surface area contributed by atoms with Gasteiger partial charge in [0, 0.05) is 12.2 Å². The summed E-state index contributed by atoms with van der Waals surface area (Å²) in [6.45, 7) is 0.708. The Morgan fingerprint density at radius 1 is 1.17 bits per heavy atom. The van der Waals surface area contributed by atoms with E-state index in [1.807, 2.05) is 48.7 Å². The van der Waals surface area contributed by atoms with Crippen LogP contribution in [0.25, 0.3) is 11.3 Å². The van der Waals surface area contributed by atoms with Gasteiger partial charge in [-0.25, -0.2) is 4.98 Å². The van der Waals surface area contributed by atoms with Gasteiger partial charge in [0.1, 0.15) is 5.75 Å². The summed E-state index contributed by atoms with van der Waals surface area (Å²) in [6.07, 6.45) is 6.07. The molecular formula is C19H20N4O. The molecule has 0 aliphatic rings. The lowest BCUT2D eigenvalue weighted by Crippen LogP contribution is -1.98. The Morgan fingerprint density at radius 3 is 2.75 bits per heavy atom. The number of nitrogens with one attached hydrogen (secondary N) is 2. The van der Waals surface area contributed by atoms with Crippen LogP contribution in [0, 0.1) is 0 Å². The highest BCUT2D eigenvalue weighted by Crippen LogP contribution is 2.19. The summed E-state index contributed by atoms with van der Waals surface area (Å²) in [5, 5.41) is 3.18. The van der Waals surface area contributed by atoms with Crippen molar-refractivity contribution in [2.45, 2.75) is 6.42 Å². The average Bonchev–Trinajstić information content (AvgIpc) is 3.17. The summed E-state index contributed by atoms with van der Waals surface area (Å²) in [5.41, 5.74) is 4.28. The molecule has 2 N–H and O–H groups in total. The van der Waals surface area contributed by atoms with E-state index in [9.17, 15) is 0 Å². The highest BCUT2D eigenvalue weighted by molar-refractivity contribution is 5.76. The van der Waals surface area contributed by atoms with Crippen LogP contribution in [0.3, 0.4) is 0 Å². The second-order valence-electron chi connectivity index (χ2n) is 5.28. The number of methoxy groups -OCH3 is 1. The van der Waals surface area contributed by atoms with Crippen molar-refractivity contribution in [1.82, 2.24) is 9.97 Å². The van der Waals surface area contributed by atoms with Gasteiger partial charge in [0.2, 0.25) is 0 Å². The van der Waals surface area contributed by atoms with E-state index >= 15 is 0 Å². The largest absolute Gasteiger partial charge is 0.496 e. The first-order chi connectivity index (χ1) is 11.9. The number of rotatable bonds is 7. The number of anilines is 1. The molecule has 2 aromatic carbocycles. The molecule has 0 spiro atoms. The number of aliphatic imine (C=N–C) groups is 1. The van der Waals surface area contributed by atoms with E-state index in [1.165, 1.54) is 5.56 Å². The van der Waals surface area contributed by atoms with Crippen LogP contribution < -0.4 is 10.1 Å². The Hall–Kier alpha value is -3.08. The zero-order valence-electron chi connectivity index (χ0n) is 13.6. The molecule has 0 aliphatic carbocycles. The minimum absolute atomic E-state index is 0.708. The molecular weight excluding hydrogens is 300 g/mol. The summed E-state index contributed by atoms with van der Waals surface area (Å²) < 4.78 is 5.34. The van der Waals surface area contributed by atoms with Crippen molar-refractivity contribution in [3.05, 3.63) is 66.6 Å². The molecule has 122 valence electrons. The van der Waals surface area contributed by atoms with Crippen molar-refractivity contribution >= 4 is 12.0 Å². The van der Waals surface area contributed by atoms with Crippen LogP contribution in [0.1, 0.15) is 5.56 Å². The topological polar surface area (TPSA) is 62.3 Å². The van der Waals surface area contributed by atoms with Gasteiger partial charge in [-0.15, -0.1) is 0 Å². The van der Waals surface area contributed by atoms with Crippen molar-refractivity contribution in [1.29, 1.82) is 0 Å². The summed E-state index contributed by atoms with van der Waals surface area (Å²) in [7, 11) is 1.69. The summed E-state index contributed by atoms with van der Waals surface area (Å²) in [5.74, 6) is 0.912. The SMILES string of the molecule is COc1ccccc1CCN=CNc1ccc(-c2cnc[nH]2)cc1. The number of para-hydroxylation sites is 1. The molecule has 3 rings (SSSR count). The molecule has 0 saturated carbocycles. The van der Waals surface area contributed by atoms with E-state index in [0.29, 0.717) is 6.54 Å². The van der Waals surface area contributed by atoms with Crippen molar-refractivity contribution in [3.8, 4) is 17.0 Å². The summed E-state index contributed by atoms with van der Waals surface area (Å²) in [4.78, 5) is 11.5.